The molecule has 25 heavy (non-hydrogen) atoms. The van der Waals surface area contributed by atoms with Crippen LogP contribution in [-0.4, -0.2) is 12.8 Å². The van der Waals surface area contributed by atoms with E-state index in [1.807, 2.05) is 0 Å². The molecule has 2 heteroatoms. The second kappa shape index (κ2) is 6.89. The molecule has 0 aliphatic heterocycles. The molecule has 4 aliphatic rings. The van der Waals surface area contributed by atoms with E-state index in [4.69, 9.17) is 4.84 Å². The zero-order valence-electron chi connectivity index (χ0n) is 17.0. The first-order valence-electron chi connectivity index (χ1n) is 11.2. The molecular formula is C23H39NO. The van der Waals surface area contributed by atoms with Crippen LogP contribution in [0, 0.1) is 46.8 Å². The molecule has 4 aliphatic carbocycles. The topological polar surface area (TPSA) is 21.6 Å². The van der Waals surface area contributed by atoms with Gasteiger partial charge in [-0.15, -0.1) is 0 Å². The average Bonchev–Trinajstić information content (AvgIpc) is 2.96. The molecule has 0 spiro atoms. The standard InChI is InChI=1S/C23H39NO/c1-5-22(24-25-4)21-11-10-20-19-9-7-16-14-15(2)6-8-17(16)18(19)12-13-23(20,21)3/h15-21H,5-14H2,1-4H3/b24-22+. The Morgan fingerprint density at radius 2 is 1.80 bits per heavy atom. The summed E-state index contributed by atoms with van der Waals surface area (Å²) in [6.07, 6.45) is 14.4. The second-order valence-electron chi connectivity index (χ2n) is 10.1. The lowest BCUT2D eigenvalue weighted by molar-refractivity contribution is -0.0610. The van der Waals surface area contributed by atoms with Crippen molar-refractivity contribution in [3.63, 3.8) is 0 Å². The third-order valence-corrected chi connectivity index (χ3v) is 9.19. The molecule has 0 aromatic carbocycles. The first-order chi connectivity index (χ1) is 12.1. The van der Waals surface area contributed by atoms with Crippen LogP contribution in [0.2, 0.25) is 0 Å². The van der Waals surface area contributed by atoms with Crippen LogP contribution in [0.4, 0.5) is 0 Å². The molecule has 0 radical (unpaired) electrons. The zero-order chi connectivity index (χ0) is 17.6. The van der Waals surface area contributed by atoms with Gasteiger partial charge in [-0.3, -0.25) is 0 Å². The summed E-state index contributed by atoms with van der Waals surface area (Å²) in [7, 11) is 1.71. The summed E-state index contributed by atoms with van der Waals surface area (Å²) in [6, 6.07) is 0. The third kappa shape index (κ3) is 2.86. The van der Waals surface area contributed by atoms with Gasteiger partial charge in [0.05, 0.1) is 5.71 Å². The van der Waals surface area contributed by atoms with Crippen LogP contribution in [0.5, 0.6) is 0 Å². The van der Waals surface area contributed by atoms with Crippen LogP contribution in [-0.2, 0) is 4.84 Å². The minimum atomic E-state index is 0.489. The van der Waals surface area contributed by atoms with Crippen LogP contribution in [0.1, 0.15) is 85.0 Å². The van der Waals surface area contributed by atoms with E-state index in [9.17, 15) is 0 Å². The van der Waals surface area contributed by atoms with Gasteiger partial charge in [-0.1, -0.05) is 32.3 Å². The van der Waals surface area contributed by atoms with Gasteiger partial charge >= 0.3 is 0 Å². The molecule has 0 aromatic heterocycles. The van der Waals surface area contributed by atoms with Crippen LogP contribution < -0.4 is 0 Å². The lowest BCUT2D eigenvalue weighted by Crippen LogP contribution is -2.49. The monoisotopic (exact) mass is 345 g/mol. The van der Waals surface area contributed by atoms with Gasteiger partial charge in [-0.25, -0.2) is 0 Å². The van der Waals surface area contributed by atoms with Gasteiger partial charge in [-0.2, -0.15) is 0 Å². The molecule has 0 heterocycles. The fourth-order valence-corrected chi connectivity index (χ4v) is 8.13. The van der Waals surface area contributed by atoms with Gasteiger partial charge in [0.25, 0.3) is 0 Å². The van der Waals surface area contributed by atoms with E-state index in [0.29, 0.717) is 11.3 Å². The highest BCUT2D eigenvalue weighted by Gasteiger charge is 2.57. The SMILES string of the molecule is CC/C(=N\OC)C1CCC2C3CCC4CC(C)CCC4C3CCC12C. The maximum absolute atomic E-state index is 5.21. The fourth-order valence-electron chi connectivity index (χ4n) is 8.13. The van der Waals surface area contributed by atoms with Gasteiger partial charge in [0.2, 0.25) is 0 Å². The summed E-state index contributed by atoms with van der Waals surface area (Å²) in [5.74, 6) is 6.80. The highest BCUT2D eigenvalue weighted by molar-refractivity contribution is 5.87. The zero-order valence-corrected chi connectivity index (χ0v) is 17.0. The number of hydrogen-bond donors (Lipinski definition) is 0. The van der Waals surface area contributed by atoms with E-state index in [2.05, 4.69) is 25.9 Å². The number of fused-ring (bicyclic) bond motifs is 5. The Hall–Kier alpha value is -0.530. The molecule has 8 atom stereocenters. The number of hydrogen-bond acceptors (Lipinski definition) is 2. The quantitative estimate of drug-likeness (QED) is 0.434. The van der Waals surface area contributed by atoms with Gasteiger partial charge in [-0.05, 0) is 98.7 Å². The van der Waals surface area contributed by atoms with E-state index in [0.717, 1.165) is 41.9 Å². The minimum Gasteiger partial charge on any atom is -0.399 e. The first kappa shape index (κ1) is 17.9. The van der Waals surface area contributed by atoms with Gasteiger partial charge in [0.1, 0.15) is 7.11 Å². The smallest absolute Gasteiger partial charge is 0.106 e. The van der Waals surface area contributed by atoms with Gasteiger partial charge in [0.15, 0.2) is 0 Å². The summed E-state index contributed by atoms with van der Waals surface area (Å²) in [5.41, 5.74) is 1.83. The Labute approximate surface area is 155 Å². The van der Waals surface area contributed by atoms with E-state index in [1.165, 1.54) is 63.5 Å². The van der Waals surface area contributed by atoms with Crippen LogP contribution in [0.3, 0.4) is 0 Å². The van der Waals surface area contributed by atoms with Gasteiger partial charge < -0.3 is 4.84 Å². The van der Waals surface area contributed by atoms with Crippen molar-refractivity contribution in [3.8, 4) is 0 Å². The average molecular weight is 346 g/mol. The molecule has 4 saturated carbocycles. The van der Waals surface area contributed by atoms with Crippen LogP contribution in [0.25, 0.3) is 0 Å². The molecule has 0 bridgehead atoms. The lowest BCUT2D eigenvalue weighted by atomic mass is 9.49. The summed E-state index contributed by atoms with van der Waals surface area (Å²) in [4.78, 5) is 5.21. The summed E-state index contributed by atoms with van der Waals surface area (Å²) >= 11 is 0. The summed E-state index contributed by atoms with van der Waals surface area (Å²) in [5, 5.41) is 4.46. The van der Waals surface area contributed by atoms with Gasteiger partial charge in [0, 0.05) is 5.92 Å². The third-order valence-electron chi connectivity index (χ3n) is 9.19. The van der Waals surface area contributed by atoms with Crippen molar-refractivity contribution in [2.45, 2.75) is 85.0 Å². The largest absolute Gasteiger partial charge is 0.399 e. The Morgan fingerprint density at radius 3 is 2.56 bits per heavy atom. The van der Waals surface area contributed by atoms with E-state index < -0.39 is 0 Å². The van der Waals surface area contributed by atoms with E-state index >= 15 is 0 Å². The second-order valence-corrected chi connectivity index (χ2v) is 10.1. The molecule has 4 rings (SSSR count). The molecule has 142 valence electrons. The number of nitrogens with zero attached hydrogens (tertiary/aromatic N) is 1. The van der Waals surface area contributed by atoms with Crippen molar-refractivity contribution in [2.75, 3.05) is 7.11 Å². The van der Waals surface area contributed by atoms with Crippen molar-refractivity contribution in [1.82, 2.24) is 0 Å². The van der Waals surface area contributed by atoms with Crippen molar-refractivity contribution in [2.24, 2.45) is 52.0 Å². The molecule has 8 unspecified atom stereocenters. The maximum Gasteiger partial charge on any atom is 0.106 e. The van der Waals surface area contributed by atoms with Crippen molar-refractivity contribution in [1.29, 1.82) is 0 Å². The Bertz CT molecular complexity index is 514. The molecule has 0 N–H and O–H groups in total. The highest BCUT2D eigenvalue weighted by Crippen LogP contribution is 2.64. The number of rotatable bonds is 3. The molecular weight excluding hydrogens is 306 g/mol. The Morgan fingerprint density at radius 1 is 1.00 bits per heavy atom. The Balaban J connectivity index is 1.55. The predicted octanol–water partition coefficient (Wildman–Crippen LogP) is 6.30. The predicted molar refractivity (Wildman–Crippen MR) is 104 cm³/mol. The van der Waals surface area contributed by atoms with Crippen molar-refractivity contribution < 1.29 is 4.84 Å². The molecule has 4 fully saturated rings. The van der Waals surface area contributed by atoms with Crippen molar-refractivity contribution >= 4 is 5.71 Å². The molecule has 0 amide bonds. The van der Waals surface area contributed by atoms with E-state index in [-0.39, 0.29) is 0 Å². The lowest BCUT2D eigenvalue weighted by Gasteiger charge is -2.56. The van der Waals surface area contributed by atoms with Crippen molar-refractivity contribution in [3.05, 3.63) is 0 Å². The molecule has 0 saturated heterocycles. The minimum absolute atomic E-state index is 0.489. The summed E-state index contributed by atoms with van der Waals surface area (Å²) in [6.45, 7) is 7.36. The fraction of sp³-hybridized carbons (Fsp3) is 0.957. The van der Waals surface area contributed by atoms with Crippen LogP contribution in [0.15, 0.2) is 5.16 Å². The van der Waals surface area contributed by atoms with Crippen LogP contribution >= 0.6 is 0 Å². The normalized spacial score (nSPS) is 49.9. The number of oxime groups is 1. The first-order valence-corrected chi connectivity index (χ1v) is 11.2. The molecule has 2 nitrogen and oxygen atoms in total. The summed E-state index contributed by atoms with van der Waals surface area (Å²) < 4.78 is 0. The maximum atomic E-state index is 5.21. The molecule has 0 aromatic rings. The highest BCUT2D eigenvalue weighted by atomic mass is 16.6. The Kier molecular flexibility index (Phi) is 4.92. The van der Waals surface area contributed by atoms with E-state index in [1.54, 1.807) is 7.11 Å².